The molecule has 1 saturated carbocycles. The van der Waals surface area contributed by atoms with Gasteiger partial charge in [-0.1, -0.05) is 11.6 Å². The van der Waals surface area contributed by atoms with Gasteiger partial charge in [-0.3, -0.25) is 9.48 Å². The monoisotopic (exact) mass is 222 g/mol. The molecule has 1 heterocycles. The molecule has 1 aliphatic rings. The minimum atomic E-state index is 0.145. The zero-order valence-electron chi connectivity index (χ0n) is 9.59. The van der Waals surface area contributed by atoms with E-state index in [1.54, 1.807) is 17.9 Å². The van der Waals surface area contributed by atoms with Crippen molar-refractivity contribution in [1.29, 1.82) is 0 Å². The number of rotatable bonds is 4. The Hall–Kier alpha value is -1.23. The summed E-state index contributed by atoms with van der Waals surface area (Å²) in [6.07, 6.45) is 5.40. The first-order valence-electron chi connectivity index (χ1n) is 5.78. The second-order valence-corrected chi connectivity index (χ2v) is 4.56. The number of aryl methyl sites for hydroxylation is 1. The Morgan fingerprint density at radius 3 is 3.06 bits per heavy atom. The molecule has 1 aromatic rings. The van der Waals surface area contributed by atoms with Crippen molar-refractivity contribution >= 4 is 5.78 Å². The van der Waals surface area contributed by atoms with E-state index in [0.29, 0.717) is 18.9 Å². The molecule has 1 aromatic heterocycles. The number of hydrogen-bond donors (Lipinski definition) is 1. The molecule has 1 aliphatic carbocycles. The summed E-state index contributed by atoms with van der Waals surface area (Å²) in [6.45, 7) is 0.622. The molecule has 0 saturated heterocycles. The lowest BCUT2D eigenvalue weighted by molar-refractivity contribution is -0.123. The van der Waals surface area contributed by atoms with Crippen molar-refractivity contribution in [3.63, 3.8) is 0 Å². The molecule has 0 aliphatic heterocycles. The summed E-state index contributed by atoms with van der Waals surface area (Å²) in [5, 5.41) is 7.76. The lowest BCUT2D eigenvalue weighted by Gasteiger charge is -2.15. The summed E-state index contributed by atoms with van der Waals surface area (Å²) in [5.41, 5.74) is 6.43. The van der Waals surface area contributed by atoms with E-state index in [-0.39, 0.29) is 11.7 Å². The van der Waals surface area contributed by atoms with E-state index < -0.39 is 0 Å². The number of nitrogens with zero attached hydrogens (tertiary/aromatic N) is 3. The van der Waals surface area contributed by atoms with Crippen LogP contribution >= 0.6 is 0 Å². The highest BCUT2D eigenvalue weighted by Gasteiger charge is 2.31. The van der Waals surface area contributed by atoms with Crippen LogP contribution in [-0.4, -0.2) is 27.3 Å². The number of ketones is 1. The molecule has 0 radical (unpaired) electrons. The van der Waals surface area contributed by atoms with Crippen molar-refractivity contribution in [2.24, 2.45) is 24.6 Å². The number of Topliss-reactive ketones (excluding diaryl/α,β-unsaturated/α-hetero) is 1. The molecule has 2 N–H and O–H groups in total. The topological polar surface area (TPSA) is 73.8 Å². The lowest BCUT2D eigenvalue weighted by atomic mass is 9.90. The van der Waals surface area contributed by atoms with Gasteiger partial charge in [0.2, 0.25) is 0 Å². The molecule has 0 bridgehead atoms. The smallest absolute Gasteiger partial charge is 0.142 e. The number of carbonyl (C=O) groups is 1. The molecular weight excluding hydrogens is 204 g/mol. The molecule has 2 unspecified atom stereocenters. The van der Waals surface area contributed by atoms with E-state index in [2.05, 4.69) is 10.3 Å². The minimum Gasteiger partial charge on any atom is -0.330 e. The van der Waals surface area contributed by atoms with Crippen LogP contribution in [0.3, 0.4) is 0 Å². The molecule has 5 heteroatoms. The second kappa shape index (κ2) is 4.74. The zero-order chi connectivity index (χ0) is 11.5. The Bertz CT molecular complexity index is 374. The van der Waals surface area contributed by atoms with Crippen molar-refractivity contribution in [3.05, 3.63) is 11.9 Å². The quantitative estimate of drug-likeness (QED) is 0.795. The molecule has 0 spiro atoms. The van der Waals surface area contributed by atoms with Crippen LogP contribution in [0.25, 0.3) is 0 Å². The van der Waals surface area contributed by atoms with E-state index in [9.17, 15) is 4.79 Å². The molecule has 16 heavy (non-hydrogen) atoms. The highest BCUT2D eigenvalue weighted by molar-refractivity contribution is 5.83. The molecule has 0 aromatic carbocycles. The Kier molecular flexibility index (Phi) is 3.33. The maximum atomic E-state index is 12.1. The Morgan fingerprint density at radius 1 is 1.62 bits per heavy atom. The van der Waals surface area contributed by atoms with Crippen LogP contribution in [0.4, 0.5) is 0 Å². The van der Waals surface area contributed by atoms with Crippen LogP contribution in [0.1, 0.15) is 25.0 Å². The molecule has 2 rings (SSSR count). The Balaban J connectivity index is 1.97. The number of nitrogens with two attached hydrogens (primary N) is 1. The van der Waals surface area contributed by atoms with Gasteiger partial charge in [-0.2, -0.15) is 0 Å². The highest BCUT2D eigenvalue weighted by Crippen LogP contribution is 2.32. The van der Waals surface area contributed by atoms with Gasteiger partial charge in [-0.25, -0.2) is 0 Å². The highest BCUT2D eigenvalue weighted by atomic mass is 16.1. The summed E-state index contributed by atoms with van der Waals surface area (Å²) in [6, 6.07) is 0. The predicted octanol–water partition coefficient (Wildman–Crippen LogP) is 0.302. The summed E-state index contributed by atoms with van der Waals surface area (Å²) in [4.78, 5) is 12.1. The Morgan fingerprint density at radius 2 is 2.44 bits per heavy atom. The van der Waals surface area contributed by atoms with Crippen molar-refractivity contribution < 1.29 is 4.79 Å². The van der Waals surface area contributed by atoms with E-state index in [1.165, 1.54) is 0 Å². The van der Waals surface area contributed by atoms with Gasteiger partial charge in [0, 0.05) is 19.2 Å². The summed E-state index contributed by atoms with van der Waals surface area (Å²) in [7, 11) is 1.80. The third-order valence-electron chi connectivity index (χ3n) is 3.38. The van der Waals surface area contributed by atoms with Crippen LogP contribution in [0.2, 0.25) is 0 Å². The van der Waals surface area contributed by atoms with E-state index >= 15 is 0 Å². The van der Waals surface area contributed by atoms with Gasteiger partial charge in [0.15, 0.2) is 0 Å². The summed E-state index contributed by atoms with van der Waals surface area (Å²) in [5.74, 6) is 0.796. The average Bonchev–Trinajstić information content (AvgIpc) is 2.86. The SMILES string of the molecule is Cn1cc(CC(=O)C2CCCC2CN)nn1. The van der Waals surface area contributed by atoms with Crippen LogP contribution in [0, 0.1) is 11.8 Å². The zero-order valence-corrected chi connectivity index (χ0v) is 9.59. The van der Waals surface area contributed by atoms with Gasteiger partial charge in [-0.15, -0.1) is 5.10 Å². The second-order valence-electron chi connectivity index (χ2n) is 4.56. The van der Waals surface area contributed by atoms with Crippen LogP contribution in [0.5, 0.6) is 0 Å². The minimum absolute atomic E-state index is 0.145. The van der Waals surface area contributed by atoms with E-state index in [0.717, 1.165) is 25.0 Å². The lowest BCUT2D eigenvalue weighted by Crippen LogP contribution is -2.26. The maximum absolute atomic E-state index is 12.1. The predicted molar refractivity (Wildman–Crippen MR) is 59.6 cm³/mol. The number of carbonyl (C=O) groups excluding carboxylic acids is 1. The van der Waals surface area contributed by atoms with Crippen LogP contribution in [0.15, 0.2) is 6.20 Å². The third-order valence-corrected chi connectivity index (χ3v) is 3.38. The molecular formula is C11H18N4O. The number of aromatic nitrogens is 3. The summed E-state index contributed by atoms with van der Waals surface area (Å²) >= 11 is 0. The largest absolute Gasteiger partial charge is 0.330 e. The van der Waals surface area contributed by atoms with Gasteiger partial charge >= 0.3 is 0 Å². The number of hydrogen-bond acceptors (Lipinski definition) is 4. The average molecular weight is 222 g/mol. The van der Waals surface area contributed by atoms with Gasteiger partial charge < -0.3 is 5.73 Å². The fraction of sp³-hybridized carbons (Fsp3) is 0.727. The molecule has 2 atom stereocenters. The molecule has 88 valence electrons. The first kappa shape index (κ1) is 11.3. The fourth-order valence-electron chi connectivity index (χ4n) is 2.53. The van der Waals surface area contributed by atoms with E-state index in [4.69, 9.17) is 5.73 Å². The van der Waals surface area contributed by atoms with Gasteiger partial charge in [0.1, 0.15) is 5.78 Å². The van der Waals surface area contributed by atoms with Crippen molar-refractivity contribution in [3.8, 4) is 0 Å². The Labute approximate surface area is 95.0 Å². The molecule has 1 fully saturated rings. The molecule has 0 amide bonds. The van der Waals surface area contributed by atoms with Gasteiger partial charge in [-0.05, 0) is 25.3 Å². The van der Waals surface area contributed by atoms with Crippen molar-refractivity contribution in [2.45, 2.75) is 25.7 Å². The summed E-state index contributed by atoms with van der Waals surface area (Å²) < 4.78 is 1.62. The molecule has 5 nitrogen and oxygen atoms in total. The standard InChI is InChI=1S/C11H18N4O/c1-15-7-9(13-14-15)5-11(16)10-4-2-3-8(10)6-12/h7-8,10H,2-6,12H2,1H3. The first-order valence-corrected chi connectivity index (χ1v) is 5.78. The van der Waals surface area contributed by atoms with Crippen LogP contribution in [-0.2, 0) is 18.3 Å². The normalized spacial score (nSPS) is 24.9. The van der Waals surface area contributed by atoms with Crippen molar-refractivity contribution in [2.75, 3.05) is 6.54 Å². The van der Waals surface area contributed by atoms with Crippen molar-refractivity contribution in [1.82, 2.24) is 15.0 Å². The first-order chi connectivity index (χ1) is 7.70. The van der Waals surface area contributed by atoms with Gasteiger partial charge in [0.05, 0.1) is 12.1 Å². The van der Waals surface area contributed by atoms with E-state index in [1.807, 2.05) is 0 Å². The third kappa shape index (κ3) is 2.29. The maximum Gasteiger partial charge on any atom is 0.142 e. The van der Waals surface area contributed by atoms with Gasteiger partial charge in [0.25, 0.3) is 0 Å². The van der Waals surface area contributed by atoms with Crippen LogP contribution < -0.4 is 5.73 Å². The fourth-order valence-corrected chi connectivity index (χ4v) is 2.53.